The minimum Gasteiger partial charge on any atom is -0.478 e. The van der Waals surface area contributed by atoms with Gasteiger partial charge in [-0.25, -0.2) is 13.2 Å². The number of carboxylic acid groups (broad SMARTS) is 1. The van der Waals surface area contributed by atoms with Gasteiger partial charge in [0.05, 0.1) is 5.56 Å². The summed E-state index contributed by atoms with van der Waals surface area (Å²) in [7, 11) is -3.66. The van der Waals surface area contributed by atoms with E-state index in [1.54, 1.807) is 12.1 Å². The molecule has 0 saturated heterocycles. The van der Waals surface area contributed by atoms with Gasteiger partial charge < -0.3 is 9.84 Å². The van der Waals surface area contributed by atoms with Crippen LogP contribution < -0.4 is 4.74 Å². The molecule has 0 unspecified atom stereocenters. The first-order valence-electron chi connectivity index (χ1n) is 5.39. The van der Waals surface area contributed by atoms with E-state index in [4.69, 9.17) is 9.84 Å². The monoisotopic (exact) mass is 276 g/mol. The predicted octanol–water partition coefficient (Wildman–Crippen LogP) is 2.32. The first kappa shape index (κ1) is 11.7. The number of carbonyl (C=O) groups is 1. The molecule has 1 aliphatic rings. The predicted molar refractivity (Wildman–Crippen MR) is 65.4 cm³/mol. The Morgan fingerprint density at radius 3 is 2.42 bits per heavy atom. The van der Waals surface area contributed by atoms with Crippen LogP contribution in [0.2, 0.25) is 0 Å². The molecule has 3 rings (SSSR count). The van der Waals surface area contributed by atoms with Crippen molar-refractivity contribution < 1.29 is 23.1 Å². The standard InChI is InChI=1S/C13H8O5S/c14-13(15)8-5-6-12-10(7-8)18-9-3-1-2-4-11(9)19(12,16)17/h1-7H,(H,14,15). The Kier molecular flexibility index (Phi) is 2.36. The summed E-state index contributed by atoms with van der Waals surface area (Å²) < 4.78 is 30.2. The summed E-state index contributed by atoms with van der Waals surface area (Å²) >= 11 is 0. The third-order valence-corrected chi connectivity index (χ3v) is 4.67. The van der Waals surface area contributed by atoms with Crippen molar-refractivity contribution in [3.8, 4) is 11.5 Å². The van der Waals surface area contributed by atoms with Gasteiger partial charge in [0, 0.05) is 0 Å². The van der Waals surface area contributed by atoms with Gasteiger partial charge in [-0.2, -0.15) is 0 Å². The number of aromatic carboxylic acids is 1. The molecular weight excluding hydrogens is 268 g/mol. The van der Waals surface area contributed by atoms with E-state index in [9.17, 15) is 13.2 Å². The fourth-order valence-electron chi connectivity index (χ4n) is 1.94. The van der Waals surface area contributed by atoms with Gasteiger partial charge in [-0.15, -0.1) is 0 Å². The van der Waals surface area contributed by atoms with E-state index in [-0.39, 0.29) is 26.9 Å². The van der Waals surface area contributed by atoms with Crippen LogP contribution in [0.3, 0.4) is 0 Å². The minimum atomic E-state index is -3.66. The second-order valence-corrected chi connectivity index (χ2v) is 5.91. The molecule has 0 amide bonds. The van der Waals surface area contributed by atoms with Crippen LogP contribution in [-0.2, 0) is 9.84 Å². The van der Waals surface area contributed by atoms with E-state index in [2.05, 4.69) is 0 Å². The number of para-hydroxylation sites is 1. The molecule has 0 saturated carbocycles. The van der Waals surface area contributed by atoms with E-state index in [0.717, 1.165) is 0 Å². The van der Waals surface area contributed by atoms with Gasteiger partial charge >= 0.3 is 5.97 Å². The molecule has 0 spiro atoms. The van der Waals surface area contributed by atoms with Gasteiger partial charge in [-0.1, -0.05) is 12.1 Å². The number of benzene rings is 2. The van der Waals surface area contributed by atoms with E-state index >= 15 is 0 Å². The lowest BCUT2D eigenvalue weighted by Gasteiger charge is -2.20. The highest BCUT2D eigenvalue weighted by molar-refractivity contribution is 7.91. The van der Waals surface area contributed by atoms with Gasteiger partial charge in [-0.3, -0.25) is 0 Å². The molecule has 96 valence electrons. The molecule has 0 fully saturated rings. The summed E-state index contributed by atoms with van der Waals surface area (Å²) in [6, 6.07) is 9.96. The summed E-state index contributed by atoms with van der Waals surface area (Å²) in [6.45, 7) is 0. The van der Waals surface area contributed by atoms with Gasteiger partial charge in [0.2, 0.25) is 9.84 Å². The maximum absolute atomic E-state index is 12.3. The second kappa shape index (κ2) is 3.83. The lowest BCUT2D eigenvalue weighted by molar-refractivity contribution is 0.0696. The van der Waals surface area contributed by atoms with E-state index < -0.39 is 15.8 Å². The van der Waals surface area contributed by atoms with Crippen molar-refractivity contribution in [2.24, 2.45) is 0 Å². The molecule has 6 heteroatoms. The van der Waals surface area contributed by atoms with Crippen LogP contribution in [0.25, 0.3) is 0 Å². The molecule has 0 atom stereocenters. The van der Waals surface area contributed by atoms with Crippen LogP contribution in [0.4, 0.5) is 0 Å². The number of fused-ring (bicyclic) bond motifs is 2. The van der Waals surface area contributed by atoms with Crippen LogP contribution in [0.1, 0.15) is 10.4 Å². The van der Waals surface area contributed by atoms with Crippen LogP contribution in [0.5, 0.6) is 11.5 Å². The number of carboxylic acids is 1. The summed E-state index contributed by atoms with van der Waals surface area (Å²) in [4.78, 5) is 11.0. The molecular formula is C13H8O5S. The average molecular weight is 276 g/mol. The first-order valence-corrected chi connectivity index (χ1v) is 6.88. The van der Waals surface area contributed by atoms with Crippen LogP contribution in [-0.4, -0.2) is 19.5 Å². The Labute approximate surface area is 109 Å². The Hall–Kier alpha value is -2.34. The third-order valence-electron chi connectivity index (χ3n) is 2.84. The molecule has 0 bridgehead atoms. The molecule has 0 radical (unpaired) electrons. The van der Waals surface area contributed by atoms with Crippen molar-refractivity contribution in [2.75, 3.05) is 0 Å². The van der Waals surface area contributed by atoms with E-state index in [1.807, 2.05) is 0 Å². The SMILES string of the molecule is O=C(O)c1ccc2c(c1)Oc1ccccc1S2(=O)=O. The number of rotatable bonds is 1. The molecule has 1 heterocycles. The van der Waals surface area contributed by atoms with Gasteiger partial charge in [0.15, 0.2) is 0 Å². The Morgan fingerprint density at radius 1 is 1.00 bits per heavy atom. The molecule has 2 aromatic rings. The van der Waals surface area contributed by atoms with Crippen LogP contribution in [0, 0.1) is 0 Å². The molecule has 5 nitrogen and oxygen atoms in total. The highest BCUT2D eigenvalue weighted by Crippen LogP contribution is 2.42. The van der Waals surface area contributed by atoms with Crippen LogP contribution in [0.15, 0.2) is 52.3 Å². The van der Waals surface area contributed by atoms with Gasteiger partial charge in [-0.05, 0) is 30.3 Å². The molecule has 0 aromatic heterocycles. The number of ether oxygens (including phenoxy) is 1. The number of hydrogen-bond acceptors (Lipinski definition) is 4. The third kappa shape index (κ3) is 1.68. The molecule has 19 heavy (non-hydrogen) atoms. The second-order valence-electron chi connectivity index (χ2n) is 4.02. The van der Waals surface area contributed by atoms with Crippen molar-refractivity contribution in [3.63, 3.8) is 0 Å². The lowest BCUT2D eigenvalue weighted by Crippen LogP contribution is -2.11. The Balaban J connectivity index is 2.27. The maximum Gasteiger partial charge on any atom is 0.335 e. The van der Waals surface area contributed by atoms with E-state index in [0.29, 0.717) is 0 Å². The summed E-state index contributed by atoms with van der Waals surface area (Å²) in [5.41, 5.74) is -0.0201. The molecule has 1 N–H and O–H groups in total. The largest absolute Gasteiger partial charge is 0.478 e. The van der Waals surface area contributed by atoms with Crippen molar-refractivity contribution in [2.45, 2.75) is 9.79 Å². The normalized spacial score (nSPS) is 14.9. The molecule has 0 aliphatic carbocycles. The maximum atomic E-state index is 12.3. The van der Waals surface area contributed by atoms with Crippen molar-refractivity contribution in [1.29, 1.82) is 0 Å². The fourth-order valence-corrected chi connectivity index (χ4v) is 3.42. The summed E-state index contributed by atoms with van der Waals surface area (Å²) in [5.74, 6) is -0.890. The average Bonchev–Trinajstić information content (AvgIpc) is 2.38. The quantitative estimate of drug-likeness (QED) is 0.737. The summed E-state index contributed by atoms with van der Waals surface area (Å²) in [6.07, 6.45) is 0. The number of sulfone groups is 1. The molecule has 1 aliphatic heterocycles. The van der Waals surface area contributed by atoms with Crippen molar-refractivity contribution in [3.05, 3.63) is 48.0 Å². The zero-order valence-electron chi connectivity index (χ0n) is 9.53. The van der Waals surface area contributed by atoms with E-state index in [1.165, 1.54) is 30.3 Å². The van der Waals surface area contributed by atoms with Crippen LogP contribution >= 0.6 is 0 Å². The summed E-state index contributed by atoms with van der Waals surface area (Å²) in [5, 5.41) is 8.91. The van der Waals surface area contributed by atoms with Crippen molar-refractivity contribution >= 4 is 15.8 Å². The van der Waals surface area contributed by atoms with Gasteiger partial charge in [0.25, 0.3) is 0 Å². The zero-order chi connectivity index (χ0) is 13.6. The van der Waals surface area contributed by atoms with Gasteiger partial charge in [0.1, 0.15) is 21.3 Å². The molecule has 2 aromatic carbocycles. The highest BCUT2D eigenvalue weighted by Gasteiger charge is 2.31. The Morgan fingerprint density at radius 2 is 1.68 bits per heavy atom. The smallest absolute Gasteiger partial charge is 0.335 e. The first-order chi connectivity index (χ1) is 9.00. The topological polar surface area (TPSA) is 80.7 Å². The zero-order valence-corrected chi connectivity index (χ0v) is 10.3. The number of hydrogen-bond donors (Lipinski definition) is 1. The fraction of sp³-hybridized carbons (Fsp3) is 0. The highest BCUT2D eigenvalue weighted by atomic mass is 32.2. The minimum absolute atomic E-state index is 0.0174. The van der Waals surface area contributed by atoms with Crippen molar-refractivity contribution in [1.82, 2.24) is 0 Å². The Bertz CT molecular complexity index is 792. The lowest BCUT2D eigenvalue weighted by atomic mass is 10.2.